The highest BCUT2D eigenvalue weighted by Gasteiger charge is 2.02. The van der Waals surface area contributed by atoms with Gasteiger partial charge in [-0.1, -0.05) is 48.5 Å². The number of hydrogen-bond acceptors (Lipinski definition) is 3. The Labute approximate surface area is 118 Å². The Hall–Kier alpha value is -2.62. The number of aryl methyl sites for hydroxylation is 1. The van der Waals surface area contributed by atoms with Crippen LogP contribution in [0.2, 0.25) is 0 Å². The standard InChI is InChI=1S/C16H16N2O2/c1-13-7-5-6-10-15(13)20-12-16(19)18-17-11-14-8-3-2-4-9-14/h2-11H,12H2,1H3,(H,18,19)/b17-11-. The van der Waals surface area contributed by atoms with Gasteiger partial charge in [0, 0.05) is 0 Å². The molecule has 102 valence electrons. The molecule has 0 heterocycles. The van der Waals surface area contributed by atoms with E-state index in [1.165, 1.54) is 0 Å². The lowest BCUT2D eigenvalue weighted by molar-refractivity contribution is -0.123. The molecule has 0 aromatic heterocycles. The molecule has 0 radical (unpaired) electrons. The fourth-order valence-electron chi connectivity index (χ4n) is 1.61. The Morgan fingerprint density at radius 1 is 1.15 bits per heavy atom. The van der Waals surface area contributed by atoms with Crippen molar-refractivity contribution in [2.75, 3.05) is 6.61 Å². The van der Waals surface area contributed by atoms with Gasteiger partial charge in [0.1, 0.15) is 5.75 Å². The summed E-state index contributed by atoms with van der Waals surface area (Å²) >= 11 is 0. The van der Waals surface area contributed by atoms with Gasteiger partial charge in [-0.25, -0.2) is 5.43 Å². The van der Waals surface area contributed by atoms with Crippen molar-refractivity contribution in [3.8, 4) is 5.75 Å². The second kappa shape index (κ2) is 7.09. The topological polar surface area (TPSA) is 50.7 Å². The smallest absolute Gasteiger partial charge is 0.277 e. The van der Waals surface area contributed by atoms with E-state index >= 15 is 0 Å². The van der Waals surface area contributed by atoms with Crippen LogP contribution < -0.4 is 10.2 Å². The summed E-state index contributed by atoms with van der Waals surface area (Å²) in [5.41, 5.74) is 4.34. The highest BCUT2D eigenvalue weighted by atomic mass is 16.5. The van der Waals surface area contributed by atoms with Gasteiger partial charge in [-0.05, 0) is 24.1 Å². The number of hydrazone groups is 1. The van der Waals surface area contributed by atoms with Crippen molar-refractivity contribution in [1.29, 1.82) is 0 Å². The molecular formula is C16H16N2O2. The molecule has 0 fully saturated rings. The maximum atomic E-state index is 11.6. The molecule has 0 saturated heterocycles. The number of rotatable bonds is 5. The number of ether oxygens (including phenoxy) is 1. The highest BCUT2D eigenvalue weighted by molar-refractivity contribution is 5.82. The number of benzene rings is 2. The minimum Gasteiger partial charge on any atom is -0.483 e. The van der Waals surface area contributed by atoms with Crippen LogP contribution in [0.5, 0.6) is 5.75 Å². The fraction of sp³-hybridized carbons (Fsp3) is 0.125. The second-order valence-electron chi connectivity index (χ2n) is 4.26. The normalized spacial score (nSPS) is 10.4. The molecule has 0 bridgehead atoms. The van der Waals surface area contributed by atoms with Crippen LogP contribution in [0.25, 0.3) is 0 Å². The predicted octanol–water partition coefficient (Wildman–Crippen LogP) is 2.52. The van der Waals surface area contributed by atoms with Gasteiger partial charge >= 0.3 is 0 Å². The number of carbonyl (C=O) groups is 1. The van der Waals surface area contributed by atoms with Crippen molar-refractivity contribution >= 4 is 12.1 Å². The number of nitrogens with one attached hydrogen (secondary N) is 1. The van der Waals surface area contributed by atoms with Crippen molar-refractivity contribution in [2.45, 2.75) is 6.92 Å². The molecule has 4 nitrogen and oxygen atoms in total. The van der Waals surface area contributed by atoms with Gasteiger partial charge in [-0.15, -0.1) is 0 Å². The first-order chi connectivity index (χ1) is 9.75. The lowest BCUT2D eigenvalue weighted by atomic mass is 10.2. The van der Waals surface area contributed by atoms with E-state index in [2.05, 4.69) is 10.5 Å². The predicted molar refractivity (Wildman–Crippen MR) is 78.9 cm³/mol. The Balaban J connectivity index is 1.79. The molecule has 2 rings (SSSR count). The summed E-state index contributed by atoms with van der Waals surface area (Å²) in [5.74, 6) is 0.412. The maximum absolute atomic E-state index is 11.6. The van der Waals surface area contributed by atoms with Gasteiger partial charge in [-0.2, -0.15) is 5.10 Å². The van der Waals surface area contributed by atoms with Crippen molar-refractivity contribution < 1.29 is 9.53 Å². The molecule has 1 N–H and O–H groups in total. The van der Waals surface area contributed by atoms with Gasteiger partial charge in [0.05, 0.1) is 6.21 Å². The lowest BCUT2D eigenvalue weighted by Gasteiger charge is -2.07. The van der Waals surface area contributed by atoms with E-state index in [0.717, 1.165) is 11.1 Å². The number of amides is 1. The van der Waals surface area contributed by atoms with Crippen LogP contribution in [-0.2, 0) is 4.79 Å². The van der Waals surface area contributed by atoms with E-state index in [9.17, 15) is 4.79 Å². The molecule has 20 heavy (non-hydrogen) atoms. The summed E-state index contributed by atoms with van der Waals surface area (Å²) in [4.78, 5) is 11.6. The Kier molecular flexibility index (Phi) is 4.89. The van der Waals surface area contributed by atoms with E-state index in [1.54, 1.807) is 6.21 Å². The second-order valence-corrected chi connectivity index (χ2v) is 4.26. The number of carbonyl (C=O) groups excluding carboxylic acids is 1. The molecule has 1 amide bonds. The Morgan fingerprint density at radius 2 is 1.85 bits per heavy atom. The third-order valence-electron chi connectivity index (χ3n) is 2.65. The summed E-state index contributed by atoms with van der Waals surface area (Å²) in [6.07, 6.45) is 1.59. The van der Waals surface area contributed by atoms with Crippen LogP contribution >= 0.6 is 0 Å². The molecule has 0 aliphatic carbocycles. The summed E-state index contributed by atoms with van der Waals surface area (Å²) in [6, 6.07) is 17.1. The van der Waals surface area contributed by atoms with E-state index in [4.69, 9.17) is 4.74 Å². The number of hydrogen-bond donors (Lipinski definition) is 1. The van der Waals surface area contributed by atoms with Gasteiger partial charge < -0.3 is 4.74 Å². The van der Waals surface area contributed by atoms with Gasteiger partial charge in [0.25, 0.3) is 5.91 Å². The van der Waals surface area contributed by atoms with Gasteiger partial charge in [-0.3, -0.25) is 4.79 Å². The molecule has 2 aromatic carbocycles. The summed E-state index contributed by atoms with van der Waals surface area (Å²) in [7, 11) is 0. The Bertz CT molecular complexity index is 594. The SMILES string of the molecule is Cc1ccccc1OCC(=O)N/N=C\c1ccccc1. The van der Waals surface area contributed by atoms with Gasteiger partial charge in [0.2, 0.25) is 0 Å². The molecule has 0 atom stereocenters. The minimum atomic E-state index is -0.291. The first-order valence-corrected chi connectivity index (χ1v) is 6.31. The zero-order valence-corrected chi connectivity index (χ0v) is 11.2. The molecular weight excluding hydrogens is 252 g/mol. The highest BCUT2D eigenvalue weighted by Crippen LogP contribution is 2.15. The van der Waals surface area contributed by atoms with E-state index in [-0.39, 0.29) is 12.5 Å². The first kappa shape index (κ1) is 13.8. The van der Waals surface area contributed by atoms with Crippen LogP contribution in [-0.4, -0.2) is 18.7 Å². The molecule has 0 saturated carbocycles. The fourth-order valence-corrected chi connectivity index (χ4v) is 1.61. The van der Waals surface area contributed by atoms with Crippen LogP contribution in [0.1, 0.15) is 11.1 Å². The van der Waals surface area contributed by atoms with E-state index in [1.807, 2.05) is 61.5 Å². The van der Waals surface area contributed by atoms with Crippen molar-refractivity contribution in [3.05, 3.63) is 65.7 Å². The molecule has 2 aromatic rings. The molecule has 4 heteroatoms. The monoisotopic (exact) mass is 268 g/mol. The third-order valence-corrected chi connectivity index (χ3v) is 2.65. The molecule has 0 aliphatic heterocycles. The summed E-state index contributed by atoms with van der Waals surface area (Å²) in [5, 5.41) is 3.87. The quantitative estimate of drug-likeness (QED) is 0.669. The minimum absolute atomic E-state index is 0.0585. The van der Waals surface area contributed by atoms with E-state index in [0.29, 0.717) is 5.75 Å². The molecule has 0 unspecified atom stereocenters. The van der Waals surface area contributed by atoms with Crippen molar-refractivity contribution in [3.63, 3.8) is 0 Å². The zero-order chi connectivity index (χ0) is 14.2. The first-order valence-electron chi connectivity index (χ1n) is 6.31. The van der Waals surface area contributed by atoms with Crippen LogP contribution in [0.15, 0.2) is 59.7 Å². The van der Waals surface area contributed by atoms with Crippen LogP contribution in [0.3, 0.4) is 0 Å². The lowest BCUT2D eigenvalue weighted by Crippen LogP contribution is -2.24. The van der Waals surface area contributed by atoms with E-state index < -0.39 is 0 Å². The third kappa shape index (κ3) is 4.24. The maximum Gasteiger partial charge on any atom is 0.277 e. The summed E-state index contributed by atoms with van der Waals surface area (Å²) in [6.45, 7) is 1.87. The largest absolute Gasteiger partial charge is 0.483 e. The molecule has 0 aliphatic rings. The number of para-hydroxylation sites is 1. The van der Waals surface area contributed by atoms with Crippen LogP contribution in [0, 0.1) is 6.92 Å². The van der Waals surface area contributed by atoms with Crippen molar-refractivity contribution in [1.82, 2.24) is 5.43 Å². The average Bonchev–Trinajstić information content (AvgIpc) is 2.47. The Morgan fingerprint density at radius 3 is 2.60 bits per heavy atom. The zero-order valence-electron chi connectivity index (χ0n) is 11.2. The van der Waals surface area contributed by atoms with Crippen LogP contribution in [0.4, 0.5) is 0 Å². The van der Waals surface area contributed by atoms with Gasteiger partial charge in [0.15, 0.2) is 6.61 Å². The van der Waals surface area contributed by atoms with Crippen molar-refractivity contribution in [2.24, 2.45) is 5.10 Å². The molecule has 0 spiro atoms. The summed E-state index contributed by atoms with van der Waals surface area (Å²) < 4.78 is 5.42. The number of nitrogens with zero attached hydrogens (tertiary/aromatic N) is 1. The average molecular weight is 268 g/mol.